The summed E-state index contributed by atoms with van der Waals surface area (Å²) in [6.07, 6.45) is 0. The van der Waals surface area contributed by atoms with Gasteiger partial charge >= 0.3 is 0 Å². The standard InChI is InChI=1S/C8H18N2.C6H14N2/c1-5-6(2)10-8(4)7(3)9-5;1-5-3-8-6(2)4-7-5/h5-10H,1-4H3;5-8H,3-4H2,1-2H3. The third-order valence-corrected chi connectivity index (χ3v) is 4.10. The van der Waals surface area contributed by atoms with E-state index in [-0.39, 0.29) is 0 Å². The van der Waals surface area contributed by atoms with E-state index in [9.17, 15) is 0 Å². The van der Waals surface area contributed by atoms with Crippen LogP contribution in [-0.2, 0) is 0 Å². The van der Waals surface area contributed by atoms with E-state index < -0.39 is 0 Å². The molecule has 2 fully saturated rings. The van der Waals surface area contributed by atoms with Gasteiger partial charge in [-0.1, -0.05) is 0 Å². The van der Waals surface area contributed by atoms with Crippen LogP contribution in [0.4, 0.5) is 0 Å². The normalized spacial score (nSPS) is 45.0. The molecule has 0 bridgehead atoms. The van der Waals surface area contributed by atoms with E-state index in [1.54, 1.807) is 0 Å². The van der Waals surface area contributed by atoms with Gasteiger partial charge in [0.15, 0.2) is 0 Å². The first-order chi connectivity index (χ1) is 8.40. The Morgan fingerprint density at radius 2 is 0.833 bits per heavy atom. The van der Waals surface area contributed by atoms with E-state index in [1.807, 2.05) is 0 Å². The van der Waals surface area contributed by atoms with Crippen molar-refractivity contribution in [1.29, 1.82) is 0 Å². The van der Waals surface area contributed by atoms with Crippen LogP contribution in [0, 0.1) is 0 Å². The van der Waals surface area contributed by atoms with Gasteiger partial charge in [-0.15, -0.1) is 0 Å². The third-order valence-electron chi connectivity index (χ3n) is 4.10. The molecule has 108 valence electrons. The zero-order chi connectivity index (χ0) is 13.7. The molecule has 4 N–H and O–H groups in total. The zero-order valence-corrected chi connectivity index (χ0v) is 12.9. The molecule has 2 aliphatic rings. The molecule has 2 heterocycles. The van der Waals surface area contributed by atoms with Gasteiger partial charge in [0.05, 0.1) is 0 Å². The van der Waals surface area contributed by atoms with Crippen LogP contribution in [-0.4, -0.2) is 49.3 Å². The van der Waals surface area contributed by atoms with Crippen LogP contribution in [0.1, 0.15) is 41.5 Å². The summed E-state index contributed by atoms with van der Waals surface area (Å²) < 4.78 is 0. The second-order valence-electron chi connectivity index (χ2n) is 6.11. The van der Waals surface area contributed by atoms with Gasteiger partial charge in [0.25, 0.3) is 0 Å². The van der Waals surface area contributed by atoms with Crippen LogP contribution in [0.2, 0.25) is 0 Å². The lowest BCUT2D eigenvalue weighted by Crippen LogP contribution is -2.62. The maximum atomic E-state index is 3.52. The van der Waals surface area contributed by atoms with Gasteiger partial charge in [0.2, 0.25) is 0 Å². The lowest BCUT2D eigenvalue weighted by atomic mass is 10.0. The quantitative estimate of drug-likeness (QED) is 0.515. The summed E-state index contributed by atoms with van der Waals surface area (Å²) >= 11 is 0. The van der Waals surface area contributed by atoms with E-state index in [4.69, 9.17) is 0 Å². The Morgan fingerprint density at radius 3 is 1.06 bits per heavy atom. The summed E-state index contributed by atoms with van der Waals surface area (Å²) in [5.41, 5.74) is 0. The molecule has 0 saturated carbocycles. The van der Waals surface area contributed by atoms with E-state index in [2.05, 4.69) is 62.8 Å². The summed E-state index contributed by atoms with van der Waals surface area (Å²) in [7, 11) is 0. The van der Waals surface area contributed by atoms with Crippen molar-refractivity contribution in [3.8, 4) is 0 Å². The second-order valence-corrected chi connectivity index (χ2v) is 6.11. The summed E-state index contributed by atoms with van der Waals surface area (Å²) in [5, 5.41) is 13.8. The molecule has 0 radical (unpaired) electrons. The first-order valence-corrected chi connectivity index (χ1v) is 7.39. The Kier molecular flexibility index (Phi) is 6.57. The Hall–Kier alpha value is -0.160. The number of piperazine rings is 2. The summed E-state index contributed by atoms with van der Waals surface area (Å²) in [6, 6.07) is 3.73. The smallest absolute Gasteiger partial charge is 0.0193 e. The molecule has 2 rings (SSSR count). The fourth-order valence-electron chi connectivity index (χ4n) is 2.31. The molecule has 6 unspecified atom stereocenters. The highest BCUT2D eigenvalue weighted by molar-refractivity contribution is 4.89. The largest absolute Gasteiger partial charge is 0.311 e. The number of hydrogen-bond acceptors (Lipinski definition) is 4. The maximum absolute atomic E-state index is 3.52. The molecule has 0 amide bonds. The summed E-state index contributed by atoms with van der Waals surface area (Å²) in [6.45, 7) is 15.5. The van der Waals surface area contributed by atoms with Gasteiger partial charge in [-0.3, -0.25) is 0 Å². The van der Waals surface area contributed by atoms with E-state index in [0.29, 0.717) is 36.3 Å². The molecule has 4 heteroatoms. The monoisotopic (exact) mass is 256 g/mol. The van der Waals surface area contributed by atoms with Crippen molar-refractivity contribution in [2.24, 2.45) is 0 Å². The summed E-state index contributed by atoms with van der Waals surface area (Å²) in [4.78, 5) is 0. The van der Waals surface area contributed by atoms with Crippen LogP contribution >= 0.6 is 0 Å². The van der Waals surface area contributed by atoms with Crippen molar-refractivity contribution in [3.05, 3.63) is 0 Å². The van der Waals surface area contributed by atoms with Crippen molar-refractivity contribution < 1.29 is 0 Å². The van der Waals surface area contributed by atoms with Crippen molar-refractivity contribution in [2.45, 2.75) is 77.8 Å². The minimum atomic E-state index is 0.603. The molecule has 6 atom stereocenters. The highest BCUT2D eigenvalue weighted by atomic mass is 15.1. The fraction of sp³-hybridized carbons (Fsp3) is 1.00. The first kappa shape index (κ1) is 15.9. The highest BCUT2D eigenvalue weighted by Gasteiger charge is 2.25. The second kappa shape index (κ2) is 7.43. The molecule has 0 spiro atoms. The van der Waals surface area contributed by atoms with E-state index in [0.717, 1.165) is 13.1 Å². The predicted molar refractivity (Wildman–Crippen MR) is 79.0 cm³/mol. The molecule has 2 saturated heterocycles. The number of hydrogen-bond donors (Lipinski definition) is 4. The highest BCUT2D eigenvalue weighted by Crippen LogP contribution is 2.05. The Labute approximate surface area is 113 Å². The van der Waals surface area contributed by atoms with Crippen LogP contribution in [0.25, 0.3) is 0 Å². The average Bonchev–Trinajstić information content (AvgIpc) is 2.31. The number of nitrogens with one attached hydrogen (secondary N) is 4. The number of rotatable bonds is 0. The maximum Gasteiger partial charge on any atom is 0.0193 e. The summed E-state index contributed by atoms with van der Waals surface area (Å²) in [5.74, 6) is 0. The van der Waals surface area contributed by atoms with Crippen molar-refractivity contribution in [1.82, 2.24) is 21.3 Å². The van der Waals surface area contributed by atoms with Crippen LogP contribution < -0.4 is 21.3 Å². The third kappa shape index (κ3) is 5.22. The van der Waals surface area contributed by atoms with Gasteiger partial charge in [0, 0.05) is 49.3 Å². The van der Waals surface area contributed by atoms with Gasteiger partial charge in [-0.05, 0) is 41.5 Å². The van der Waals surface area contributed by atoms with Crippen molar-refractivity contribution in [2.75, 3.05) is 13.1 Å². The molecule has 0 aliphatic carbocycles. The minimum Gasteiger partial charge on any atom is -0.311 e. The van der Waals surface area contributed by atoms with Crippen LogP contribution in [0.3, 0.4) is 0 Å². The minimum absolute atomic E-state index is 0.603. The molecule has 18 heavy (non-hydrogen) atoms. The molecule has 0 aromatic heterocycles. The van der Waals surface area contributed by atoms with Gasteiger partial charge in [-0.2, -0.15) is 0 Å². The predicted octanol–water partition coefficient (Wildman–Crippen LogP) is 0.689. The lowest BCUT2D eigenvalue weighted by Gasteiger charge is -2.38. The molecule has 0 aromatic rings. The fourth-order valence-corrected chi connectivity index (χ4v) is 2.31. The average molecular weight is 256 g/mol. The van der Waals surface area contributed by atoms with Crippen molar-refractivity contribution in [3.63, 3.8) is 0 Å². The van der Waals surface area contributed by atoms with Crippen LogP contribution in [0.15, 0.2) is 0 Å². The first-order valence-electron chi connectivity index (χ1n) is 7.39. The van der Waals surface area contributed by atoms with E-state index in [1.165, 1.54) is 0 Å². The molecule has 0 aromatic carbocycles. The van der Waals surface area contributed by atoms with Gasteiger partial charge in [-0.25, -0.2) is 0 Å². The molecular weight excluding hydrogens is 224 g/mol. The molecular formula is C14H32N4. The van der Waals surface area contributed by atoms with Gasteiger partial charge in [0.1, 0.15) is 0 Å². The van der Waals surface area contributed by atoms with Crippen molar-refractivity contribution >= 4 is 0 Å². The Balaban J connectivity index is 0.000000184. The van der Waals surface area contributed by atoms with Crippen LogP contribution in [0.5, 0.6) is 0 Å². The molecule has 4 nitrogen and oxygen atoms in total. The Morgan fingerprint density at radius 1 is 0.556 bits per heavy atom. The molecule has 2 aliphatic heterocycles. The van der Waals surface area contributed by atoms with Gasteiger partial charge < -0.3 is 21.3 Å². The SMILES string of the molecule is CC1CNC(C)CN1.CC1NC(C)C(C)NC1C. The Bertz CT molecular complexity index is 190. The van der Waals surface area contributed by atoms with E-state index >= 15 is 0 Å². The lowest BCUT2D eigenvalue weighted by molar-refractivity contribution is 0.250. The zero-order valence-electron chi connectivity index (χ0n) is 12.9. The topological polar surface area (TPSA) is 48.1 Å².